The molecule has 3 rings (SSSR count). The maximum Gasteiger partial charge on any atom is 0.243 e. The predicted molar refractivity (Wildman–Crippen MR) is 106 cm³/mol. The fourth-order valence-corrected chi connectivity index (χ4v) is 3.43. The molecule has 7 nitrogen and oxygen atoms in total. The fraction of sp³-hybridized carbons (Fsp3) is 0.467. The van der Waals surface area contributed by atoms with Gasteiger partial charge in [0.1, 0.15) is 6.04 Å². The second-order valence-electron chi connectivity index (χ2n) is 5.33. The van der Waals surface area contributed by atoms with Crippen molar-refractivity contribution in [2.24, 2.45) is 5.73 Å². The van der Waals surface area contributed by atoms with Gasteiger partial charge in [0.05, 0.1) is 30.0 Å². The summed E-state index contributed by atoms with van der Waals surface area (Å²) in [6.07, 6.45) is 0. The van der Waals surface area contributed by atoms with Gasteiger partial charge >= 0.3 is 0 Å². The van der Waals surface area contributed by atoms with E-state index in [0.717, 1.165) is 41.7 Å². The number of methoxy groups -OCH3 is 1. The molecular weight excluding hydrogens is 387 g/mol. The lowest BCUT2D eigenvalue weighted by Gasteiger charge is -2.25. The minimum absolute atomic E-state index is 0. The Labute approximate surface area is 162 Å². The molecule has 0 spiro atoms. The normalized spacial score (nSPS) is 15.2. The van der Waals surface area contributed by atoms with Gasteiger partial charge in [0.15, 0.2) is 5.13 Å². The first-order chi connectivity index (χ1) is 11.2. The van der Waals surface area contributed by atoms with Crippen molar-refractivity contribution in [3.63, 3.8) is 0 Å². The van der Waals surface area contributed by atoms with Crippen molar-refractivity contribution in [1.29, 1.82) is 0 Å². The summed E-state index contributed by atoms with van der Waals surface area (Å²) in [5.41, 5.74) is 7.37. The van der Waals surface area contributed by atoms with Crippen LogP contribution < -0.4 is 16.0 Å². The molecule has 1 unspecified atom stereocenters. The van der Waals surface area contributed by atoms with Gasteiger partial charge in [-0.25, -0.2) is 4.98 Å². The van der Waals surface area contributed by atoms with Crippen LogP contribution in [0.5, 0.6) is 0 Å². The number of nitrogens with zero attached hydrogens (tertiary/aromatic N) is 2. The van der Waals surface area contributed by atoms with Crippen LogP contribution in [0, 0.1) is 0 Å². The number of nitrogens with two attached hydrogens (primary N) is 1. The molecule has 25 heavy (non-hydrogen) atoms. The lowest BCUT2D eigenvalue weighted by Crippen LogP contribution is -2.39. The van der Waals surface area contributed by atoms with E-state index in [1.54, 1.807) is 11.3 Å². The Morgan fingerprint density at radius 3 is 2.84 bits per heavy atom. The van der Waals surface area contributed by atoms with Gasteiger partial charge in [0.2, 0.25) is 5.91 Å². The number of amides is 1. The molecule has 1 fully saturated rings. The predicted octanol–water partition coefficient (Wildman–Crippen LogP) is 1.89. The Bertz CT molecular complexity index is 694. The van der Waals surface area contributed by atoms with E-state index in [2.05, 4.69) is 15.2 Å². The van der Waals surface area contributed by atoms with Crippen LogP contribution in [-0.2, 0) is 14.3 Å². The summed E-state index contributed by atoms with van der Waals surface area (Å²) < 4.78 is 11.3. The van der Waals surface area contributed by atoms with Gasteiger partial charge in [-0.15, -0.1) is 24.8 Å². The molecule has 1 aliphatic heterocycles. The van der Waals surface area contributed by atoms with Gasteiger partial charge in [0, 0.05) is 25.9 Å². The Morgan fingerprint density at radius 2 is 2.16 bits per heavy atom. The SMILES string of the molecule is COCC(N)C(=O)Nc1ccc2nc(N3CCOCC3)sc2c1.Cl.Cl. The monoisotopic (exact) mass is 408 g/mol. The van der Waals surface area contributed by atoms with E-state index in [4.69, 9.17) is 15.2 Å². The Hall–Kier alpha value is -1.16. The van der Waals surface area contributed by atoms with Gasteiger partial charge in [-0.1, -0.05) is 11.3 Å². The molecule has 2 heterocycles. The summed E-state index contributed by atoms with van der Waals surface area (Å²) in [6, 6.07) is 4.99. The molecule has 1 aromatic carbocycles. The number of aromatic nitrogens is 1. The molecule has 0 saturated carbocycles. The third-order valence-electron chi connectivity index (χ3n) is 3.61. The van der Waals surface area contributed by atoms with Crippen LogP contribution in [0.15, 0.2) is 18.2 Å². The smallest absolute Gasteiger partial charge is 0.243 e. The summed E-state index contributed by atoms with van der Waals surface area (Å²) >= 11 is 1.62. The van der Waals surface area contributed by atoms with E-state index in [1.165, 1.54) is 7.11 Å². The van der Waals surface area contributed by atoms with Crippen LogP contribution in [0.2, 0.25) is 0 Å². The number of ether oxygens (including phenoxy) is 2. The first-order valence-corrected chi connectivity index (χ1v) is 8.27. The molecule has 1 aromatic heterocycles. The Kier molecular flexibility index (Phi) is 8.84. The molecule has 0 radical (unpaired) electrons. The number of hydrogen-bond donors (Lipinski definition) is 2. The molecular formula is C15H22Cl2N4O3S. The number of fused-ring (bicyclic) bond motifs is 1. The number of thiazole rings is 1. The van der Waals surface area contributed by atoms with Crippen LogP contribution in [-0.4, -0.2) is 57.0 Å². The van der Waals surface area contributed by atoms with Crippen molar-refractivity contribution >= 4 is 63.1 Å². The summed E-state index contributed by atoms with van der Waals surface area (Å²) in [6.45, 7) is 3.36. The largest absolute Gasteiger partial charge is 0.383 e. The highest BCUT2D eigenvalue weighted by atomic mass is 35.5. The van der Waals surface area contributed by atoms with E-state index in [9.17, 15) is 4.79 Å². The number of anilines is 2. The minimum atomic E-state index is -0.680. The maximum absolute atomic E-state index is 11.9. The van der Waals surface area contributed by atoms with Crippen LogP contribution in [0.25, 0.3) is 10.2 Å². The molecule has 3 N–H and O–H groups in total. The van der Waals surface area contributed by atoms with Gasteiger partial charge in [0.25, 0.3) is 0 Å². The first kappa shape index (κ1) is 21.9. The molecule has 140 valence electrons. The quantitative estimate of drug-likeness (QED) is 0.784. The summed E-state index contributed by atoms with van der Waals surface area (Å²) in [4.78, 5) is 18.8. The Morgan fingerprint density at radius 1 is 1.44 bits per heavy atom. The zero-order valence-corrected chi connectivity index (χ0v) is 16.2. The number of halogens is 2. The highest BCUT2D eigenvalue weighted by molar-refractivity contribution is 7.22. The van der Waals surface area contributed by atoms with E-state index in [0.29, 0.717) is 5.69 Å². The van der Waals surface area contributed by atoms with Crippen molar-refractivity contribution in [3.05, 3.63) is 18.2 Å². The second-order valence-corrected chi connectivity index (χ2v) is 6.34. The molecule has 1 amide bonds. The maximum atomic E-state index is 11.9. The first-order valence-electron chi connectivity index (χ1n) is 7.46. The molecule has 0 aliphatic carbocycles. The van der Waals surface area contributed by atoms with Gasteiger partial charge in [-0.05, 0) is 18.2 Å². The second kappa shape index (κ2) is 10.1. The minimum Gasteiger partial charge on any atom is -0.383 e. The van der Waals surface area contributed by atoms with E-state index in [1.807, 2.05) is 18.2 Å². The van der Waals surface area contributed by atoms with Crippen molar-refractivity contribution in [2.45, 2.75) is 6.04 Å². The van der Waals surface area contributed by atoms with Crippen molar-refractivity contribution in [3.8, 4) is 0 Å². The molecule has 0 bridgehead atoms. The average molecular weight is 409 g/mol. The van der Waals surface area contributed by atoms with E-state index >= 15 is 0 Å². The molecule has 1 atom stereocenters. The van der Waals surface area contributed by atoms with Crippen molar-refractivity contribution in [2.75, 3.05) is 50.2 Å². The number of hydrogen-bond acceptors (Lipinski definition) is 7. The zero-order valence-electron chi connectivity index (χ0n) is 13.8. The lowest BCUT2D eigenvalue weighted by atomic mass is 10.2. The van der Waals surface area contributed by atoms with Gasteiger partial charge in [-0.3, -0.25) is 4.79 Å². The Balaban J connectivity index is 0.00000156. The number of morpholine rings is 1. The molecule has 10 heteroatoms. The molecule has 1 saturated heterocycles. The third kappa shape index (κ3) is 5.40. The van der Waals surface area contributed by atoms with Gasteiger partial charge < -0.3 is 25.4 Å². The number of rotatable bonds is 5. The van der Waals surface area contributed by atoms with E-state index in [-0.39, 0.29) is 37.3 Å². The highest BCUT2D eigenvalue weighted by Gasteiger charge is 2.17. The topological polar surface area (TPSA) is 89.7 Å². The van der Waals surface area contributed by atoms with Crippen LogP contribution >= 0.6 is 36.2 Å². The summed E-state index contributed by atoms with van der Waals surface area (Å²) in [5, 5.41) is 3.80. The standard InChI is InChI=1S/C15H20N4O3S.2ClH/c1-21-9-11(16)14(20)17-10-2-3-12-13(8-10)23-15(18-12)19-4-6-22-7-5-19;;/h2-3,8,11H,4-7,9,16H2,1H3,(H,17,20);2*1H. The lowest BCUT2D eigenvalue weighted by molar-refractivity contribution is -0.118. The highest BCUT2D eigenvalue weighted by Crippen LogP contribution is 2.31. The van der Waals surface area contributed by atoms with E-state index < -0.39 is 6.04 Å². The summed E-state index contributed by atoms with van der Waals surface area (Å²) in [5.74, 6) is -0.260. The average Bonchev–Trinajstić information content (AvgIpc) is 2.99. The number of benzene rings is 1. The number of nitrogens with one attached hydrogen (secondary N) is 1. The van der Waals surface area contributed by atoms with Crippen LogP contribution in [0.1, 0.15) is 0 Å². The van der Waals surface area contributed by atoms with Crippen LogP contribution in [0.4, 0.5) is 10.8 Å². The van der Waals surface area contributed by atoms with Crippen LogP contribution in [0.3, 0.4) is 0 Å². The number of carbonyl (C=O) groups excluding carboxylic acids is 1. The number of carbonyl (C=O) groups is 1. The van der Waals surface area contributed by atoms with Crippen molar-refractivity contribution < 1.29 is 14.3 Å². The third-order valence-corrected chi connectivity index (χ3v) is 4.69. The zero-order chi connectivity index (χ0) is 16.2. The van der Waals surface area contributed by atoms with Crippen molar-refractivity contribution in [1.82, 2.24) is 4.98 Å². The molecule has 1 aliphatic rings. The van der Waals surface area contributed by atoms with Gasteiger partial charge in [-0.2, -0.15) is 0 Å². The molecule has 2 aromatic rings. The fourth-order valence-electron chi connectivity index (χ4n) is 2.37. The summed E-state index contributed by atoms with van der Waals surface area (Å²) in [7, 11) is 1.52.